The minimum absolute atomic E-state index is 0.00616. The van der Waals surface area contributed by atoms with Crippen LogP contribution in [-0.2, 0) is 19.8 Å². The maximum Gasteiger partial charge on any atom is 0.698 e. The van der Waals surface area contributed by atoms with Crippen molar-refractivity contribution in [3.63, 3.8) is 0 Å². The van der Waals surface area contributed by atoms with E-state index < -0.39 is 26.1 Å². The van der Waals surface area contributed by atoms with Crippen molar-refractivity contribution in [1.29, 1.82) is 0 Å². The van der Waals surface area contributed by atoms with E-state index in [1.54, 1.807) is 0 Å². The lowest BCUT2D eigenvalue weighted by Gasteiger charge is -2.18. The fourth-order valence-corrected chi connectivity index (χ4v) is 2.41. The van der Waals surface area contributed by atoms with Crippen molar-refractivity contribution in [2.45, 2.75) is 18.7 Å². The Morgan fingerprint density at radius 1 is 1.29 bits per heavy atom. The van der Waals surface area contributed by atoms with E-state index in [-0.39, 0.29) is 18.6 Å². The fourth-order valence-electron chi connectivity index (χ4n) is 1.67. The van der Waals surface area contributed by atoms with Gasteiger partial charge in [0, 0.05) is 11.0 Å². The van der Waals surface area contributed by atoms with E-state index in [0.29, 0.717) is 0 Å². The molecule has 0 N–H and O–H groups in total. The second-order valence-corrected chi connectivity index (χ2v) is 4.44. The molecule has 0 bridgehead atoms. The van der Waals surface area contributed by atoms with Crippen molar-refractivity contribution in [1.82, 2.24) is 0 Å². The zero-order valence-corrected chi connectivity index (χ0v) is 9.50. The zero-order chi connectivity index (χ0) is 12.5. The van der Waals surface area contributed by atoms with Crippen LogP contribution in [0.1, 0.15) is 23.7 Å². The van der Waals surface area contributed by atoms with Gasteiger partial charge in [0.2, 0.25) is 0 Å². The van der Waals surface area contributed by atoms with Gasteiger partial charge in [-0.2, -0.15) is 13.2 Å². The van der Waals surface area contributed by atoms with Crippen LogP contribution in [0.5, 0.6) is 0 Å². The van der Waals surface area contributed by atoms with Crippen LogP contribution in [0.3, 0.4) is 0 Å². The molecule has 3 nitrogen and oxygen atoms in total. The lowest BCUT2D eigenvalue weighted by atomic mass is 10.00. The minimum Gasteiger partial charge on any atom is -0.166 e. The third kappa shape index (κ3) is 2.83. The maximum atomic E-state index is 12.7. The SMILES string of the molecule is O=[P+]1OCC[C@@H](c2ccccc2C(F)(F)F)O1. The Balaban J connectivity index is 2.34. The molecule has 2 rings (SSSR count). The highest BCUT2D eigenvalue weighted by atomic mass is 31.1. The van der Waals surface area contributed by atoms with Crippen LogP contribution < -0.4 is 0 Å². The third-order valence-corrected chi connectivity index (χ3v) is 3.22. The van der Waals surface area contributed by atoms with Crippen LogP contribution in [0, 0.1) is 0 Å². The van der Waals surface area contributed by atoms with Gasteiger partial charge in [-0.3, -0.25) is 0 Å². The summed E-state index contributed by atoms with van der Waals surface area (Å²) < 4.78 is 58.8. The number of halogens is 3. The lowest BCUT2D eigenvalue weighted by Crippen LogP contribution is -2.16. The molecule has 0 saturated carbocycles. The topological polar surface area (TPSA) is 35.5 Å². The molecule has 1 aromatic rings. The number of hydrogen-bond acceptors (Lipinski definition) is 3. The smallest absolute Gasteiger partial charge is 0.166 e. The highest BCUT2D eigenvalue weighted by Gasteiger charge is 2.40. The van der Waals surface area contributed by atoms with Crippen LogP contribution in [0.15, 0.2) is 24.3 Å². The molecule has 17 heavy (non-hydrogen) atoms. The largest absolute Gasteiger partial charge is 0.698 e. The van der Waals surface area contributed by atoms with E-state index in [4.69, 9.17) is 4.52 Å². The monoisotopic (exact) mass is 265 g/mol. The molecular formula is C10H9F3O3P+. The molecule has 1 heterocycles. The van der Waals surface area contributed by atoms with Gasteiger partial charge >= 0.3 is 14.4 Å². The highest BCUT2D eigenvalue weighted by molar-refractivity contribution is 7.33. The van der Waals surface area contributed by atoms with E-state index in [2.05, 4.69) is 4.52 Å². The summed E-state index contributed by atoms with van der Waals surface area (Å²) in [4.78, 5) is 0. The first-order valence-electron chi connectivity index (χ1n) is 4.91. The molecule has 1 aromatic carbocycles. The first-order valence-corrected chi connectivity index (χ1v) is 6.01. The lowest BCUT2D eigenvalue weighted by molar-refractivity contribution is -0.139. The summed E-state index contributed by atoms with van der Waals surface area (Å²) in [5.41, 5.74) is -0.748. The second-order valence-electron chi connectivity index (χ2n) is 3.52. The molecule has 7 heteroatoms. The molecule has 0 aromatic heterocycles. The first-order chi connectivity index (χ1) is 7.98. The Hall–Kier alpha value is -0.970. The van der Waals surface area contributed by atoms with Crippen LogP contribution in [0.4, 0.5) is 13.2 Å². The van der Waals surface area contributed by atoms with Crippen molar-refractivity contribution in [3.05, 3.63) is 35.4 Å². The highest BCUT2D eigenvalue weighted by Crippen LogP contribution is 2.43. The van der Waals surface area contributed by atoms with Gasteiger partial charge in [0.15, 0.2) is 0 Å². The molecule has 1 aliphatic heterocycles. The van der Waals surface area contributed by atoms with Crippen LogP contribution in [0.25, 0.3) is 0 Å². The molecule has 2 atom stereocenters. The van der Waals surface area contributed by atoms with Crippen LogP contribution >= 0.6 is 8.25 Å². The van der Waals surface area contributed by atoms with Crippen molar-refractivity contribution in [2.24, 2.45) is 0 Å². The quantitative estimate of drug-likeness (QED) is 0.723. The maximum absolute atomic E-state index is 12.7. The molecule has 0 radical (unpaired) electrons. The normalized spacial score (nSPS) is 23.7. The zero-order valence-electron chi connectivity index (χ0n) is 8.61. The van der Waals surface area contributed by atoms with Gasteiger partial charge in [-0.15, -0.1) is 9.05 Å². The summed E-state index contributed by atoms with van der Waals surface area (Å²) in [7, 11) is -2.32. The molecule has 1 aliphatic rings. The number of benzene rings is 1. The summed E-state index contributed by atoms with van der Waals surface area (Å²) >= 11 is 0. The molecule has 1 saturated heterocycles. The average molecular weight is 265 g/mol. The van der Waals surface area contributed by atoms with Gasteiger partial charge in [0.1, 0.15) is 12.7 Å². The van der Waals surface area contributed by atoms with Gasteiger partial charge in [0.05, 0.1) is 5.56 Å². The summed E-state index contributed by atoms with van der Waals surface area (Å²) in [5.74, 6) is 0. The molecule has 0 spiro atoms. The van der Waals surface area contributed by atoms with Crippen LogP contribution in [-0.4, -0.2) is 6.61 Å². The van der Waals surface area contributed by atoms with E-state index in [1.165, 1.54) is 18.2 Å². The molecule has 0 amide bonds. The van der Waals surface area contributed by atoms with Crippen molar-refractivity contribution >= 4 is 8.25 Å². The van der Waals surface area contributed by atoms with Gasteiger partial charge in [-0.05, 0) is 11.6 Å². The average Bonchev–Trinajstić information content (AvgIpc) is 2.28. The predicted molar refractivity (Wildman–Crippen MR) is 53.4 cm³/mol. The van der Waals surface area contributed by atoms with Crippen LogP contribution in [0.2, 0.25) is 0 Å². The predicted octanol–water partition coefficient (Wildman–Crippen LogP) is 3.84. The summed E-state index contributed by atoms with van der Waals surface area (Å²) in [6, 6.07) is 5.13. The van der Waals surface area contributed by atoms with Gasteiger partial charge < -0.3 is 0 Å². The first kappa shape index (κ1) is 12.5. The Labute approximate surface area is 96.5 Å². The summed E-state index contributed by atoms with van der Waals surface area (Å²) in [6.07, 6.45) is -5.01. The van der Waals surface area contributed by atoms with E-state index in [1.807, 2.05) is 0 Å². The van der Waals surface area contributed by atoms with Gasteiger partial charge in [-0.1, -0.05) is 18.2 Å². The Bertz CT molecular complexity index is 433. The molecule has 1 unspecified atom stereocenters. The number of rotatable bonds is 1. The Morgan fingerprint density at radius 2 is 2.00 bits per heavy atom. The summed E-state index contributed by atoms with van der Waals surface area (Å²) in [6.45, 7) is 0.131. The van der Waals surface area contributed by atoms with E-state index in [0.717, 1.165) is 6.07 Å². The second kappa shape index (κ2) is 4.72. The molecule has 1 fully saturated rings. The Morgan fingerprint density at radius 3 is 2.65 bits per heavy atom. The number of alkyl halides is 3. The minimum atomic E-state index is -4.44. The standard InChI is InChI=1S/C10H9F3O3P/c11-10(12,13)8-4-2-1-3-7(8)9-5-6-15-17(14)16-9/h1-4,9H,5-6H2/q+1/t9-/m0/s1. The van der Waals surface area contributed by atoms with E-state index in [9.17, 15) is 17.7 Å². The third-order valence-electron chi connectivity index (χ3n) is 2.40. The summed E-state index contributed by atoms with van der Waals surface area (Å²) in [5, 5.41) is 0. The molecule has 92 valence electrons. The fraction of sp³-hybridized carbons (Fsp3) is 0.400. The van der Waals surface area contributed by atoms with Crippen molar-refractivity contribution < 1.29 is 26.8 Å². The van der Waals surface area contributed by atoms with Gasteiger partial charge in [0.25, 0.3) is 0 Å². The molecular weight excluding hydrogens is 256 g/mol. The van der Waals surface area contributed by atoms with Gasteiger partial charge in [-0.25, -0.2) is 0 Å². The Kier molecular flexibility index (Phi) is 3.47. The number of hydrogen-bond donors (Lipinski definition) is 0. The van der Waals surface area contributed by atoms with E-state index >= 15 is 0 Å². The molecule has 0 aliphatic carbocycles. The van der Waals surface area contributed by atoms with Crippen molar-refractivity contribution in [2.75, 3.05) is 6.61 Å². The van der Waals surface area contributed by atoms with Crippen molar-refractivity contribution in [3.8, 4) is 0 Å².